The van der Waals surface area contributed by atoms with Crippen molar-refractivity contribution in [2.24, 2.45) is 0 Å². The van der Waals surface area contributed by atoms with Gasteiger partial charge in [-0.3, -0.25) is 0 Å². The van der Waals surface area contributed by atoms with Crippen LogP contribution in [0.3, 0.4) is 0 Å². The summed E-state index contributed by atoms with van der Waals surface area (Å²) in [5, 5.41) is 3.70. The smallest absolute Gasteiger partial charge is 0.190 e. The van der Waals surface area contributed by atoms with Crippen LogP contribution in [0, 0.1) is 0 Å². The van der Waals surface area contributed by atoms with Crippen molar-refractivity contribution in [3.8, 4) is 0 Å². The molecule has 0 saturated heterocycles. The second-order valence-corrected chi connectivity index (χ2v) is 5.24. The van der Waals surface area contributed by atoms with Gasteiger partial charge in [0, 0.05) is 16.8 Å². The van der Waals surface area contributed by atoms with Crippen LogP contribution in [0.1, 0.15) is 5.69 Å². The van der Waals surface area contributed by atoms with Crippen LogP contribution >= 0.6 is 0 Å². The predicted octanol–water partition coefficient (Wildman–Crippen LogP) is 3.72. The van der Waals surface area contributed by atoms with E-state index in [4.69, 9.17) is 4.98 Å². The van der Waals surface area contributed by atoms with Crippen molar-refractivity contribution >= 4 is 21.7 Å². The van der Waals surface area contributed by atoms with E-state index < -0.39 is 0 Å². The molecule has 2 nitrogen and oxygen atoms in total. The van der Waals surface area contributed by atoms with Crippen LogP contribution in [0.5, 0.6) is 0 Å². The Morgan fingerprint density at radius 1 is 0.714 bits per heavy atom. The van der Waals surface area contributed by atoms with Gasteiger partial charge in [-0.1, -0.05) is 42.5 Å². The summed E-state index contributed by atoms with van der Waals surface area (Å²) in [7, 11) is 0. The molecule has 2 heteroatoms. The highest BCUT2D eigenvalue weighted by Gasteiger charge is 2.06. The van der Waals surface area contributed by atoms with Crippen molar-refractivity contribution in [1.82, 2.24) is 4.98 Å². The zero-order valence-corrected chi connectivity index (χ0v) is 11.6. The highest BCUT2D eigenvalue weighted by molar-refractivity contribution is 5.80. The molecule has 0 spiro atoms. The number of rotatable bonds is 2. The first-order valence-corrected chi connectivity index (χ1v) is 7.11. The quantitative estimate of drug-likeness (QED) is 0.508. The van der Waals surface area contributed by atoms with Gasteiger partial charge in [0.25, 0.3) is 0 Å². The van der Waals surface area contributed by atoms with E-state index in [1.165, 1.54) is 16.2 Å². The van der Waals surface area contributed by atoms with E-state index in [1.807, 2.05) is 12.1 Å². The third-order valence-corrected chi connectivity index (χ3v) is 3.75. The number of aromatic nitrogens is 2. The molecule has 4 rings (SSSR count). The minimum absolute atomic E-state index is 0.787. The topological polar surface area (TPSA) is 16.8 Å². The summed E-state index contributed by atoms with van der Waals surface area (Å²) in [6.45, 7) is 0.787. The number of hydrogen-bond acceptors (Lipinski definition) is 1. The molecule has 0 aliphatic carbocycles. The molecular formula is C19H15N2+. The van der Waals surface area contributed by atoms with Crippen LogP contribution in [0.4, 0.5) is 0 Å². The molecule has 2 aromatic heterocycles. The van der Waals surface area contributed by atoms with E-state index in [0.29, 0.717) is 0 Å². The van der Waals surface area contributed by atoms with Crippen LogP contribution in [-0.2, 0) is 6.54 Å². The van der Waals surface area contributed by atoms with Gasteiger partial charge in [-0.25, -0.2) is 4.98 Å². The van der Waals surface area contributed by atoms with Crippen molar-refractivity contribution in [2.75, 3.05) is 0 Å². The van der Waals surface area contributed by atoms with Gasteiger partial charge in [0.05, 0.1) is 5.52 Å². The molecule has 0 amide bonds. The fourth-order valence-electron chi connectivity index (χ4n) is 2.66. The lowest BCUT2D eigenvalue weighted by atomic mass is 10.2. The molecular weight excluding hydrogens is 256 g/mol. The summed E-state index contributed by atoms with van der Waals surface area (Å²) in [5.41, 5.74) is 2.13. The predicted molar refractivity (Wildman–Crippen MR) is 85.0 cm³/mol. The minimum atomic E-state index is 0.787. The van der Waals surface area contributed by atoms with Gasteiger partial charge in [-0.15, -0.1) is 0 Å². The molecule has 0 unspecified atom stereocenters. The Labute approximate surface area is 123 Å². The Hall–Kier alpha value is -2.74. The summed E-state index contributed by atoms with van der Waals surface area (Å²) in [5.74, 6) is 0. The van der Waals surface area contributed by atoms with Gasteiger partial charge in [0.1, 0.15) is 5.69 Å². The summed E-state index contributed by atoms with van der Waals surface area (Å²) >= 11 is 0. The van der Waals surface area contributed by atoms with Crippen molar-refractivity contribution in [3.63, 3.8) is 0 Å². The lowest BCUT2D eigenvalue weighted by molar-refractivity contribution is -0.687. The second-order valence-electron chi connectivity index (χ2n) is 5.24. The van der Waals surface area contributed by atoms with E-state index in [0.717, 1.165) is 17.8 Å². The Morgan fingerprint density at radius 2 is 1.48 bits per heavy atom. The van der Waals surface area contributed by atoms with Gasteiger partial charge in [0.2, 0.25) is 0 Å². The fraction of sp³-hybridized carbons (Fsp3) is 0.0526. The summed E-state index contributed by atoms with van der Waals surface area (Å²) in [6.07, 6.45) is 4.28. The van der Waals surface area contributed by atoms with Crippen molar-refractivity contribution in [1.29, 1.82) is 0 Å². The molecule has 100 valence electrons. The summed E-state index contributed by atoms with van der Waals surface area (Å²) < 4.78 is 2.18. The fourth-order valence-corrected chi connectivity index (χ4v) is 2.66. The number of nitrogens with zero attached hydrogens (tertiary/aromatic N) is 2. The van der Waals surface area contributed by atoms with Gasteiger partial charge < -0.3 is 0 Å². The first-order chi connectivity index (χ1) is 10.4. The third-order valence-electron chi connectivity index (χ3n) is 3.75. The molecule has 0 atom stereocenters. The maximum Gasteiger partial charge on any atom is 0.190 e. The highest BCUT2D eigenvalue weighted by Crippen LogP contribution is 2.12. The SMILES string of the molecule is c1ccc2c[n+](Cc3ccc4ccccc4n3)ccc2c1. The first-order valence-electron chi connectivity index (χ1n) is 7.11. The molecule has 0 aliphatic heterocycles. The molecule has 21 heavy (non-hydrogen) atoms. The van der Waals surface area contributed by atoms with Gasteiger partial charge >= 0.3 is 0 Å². The average Bonchev–Trinajstić information content (AvgIpc) is 2.55. The normalized spacial score (nSPS) is 11.0. The van der Waals surface area contributed by atoms with Gasteiger partial charge in [0.15, 0.2) is 18.9 Å². The van der Waals surface area contributed by atoms with Crippen LogP contribution in [0.2, 0.25) is 0 Å². The number of fused-ring (bicyclic) bond motifs is 2. The van der Waals surface area contributed by atoms with E-state index >= 15 is 0 Å². The van der Waals surface area contributed by atoms with Crippen LogP contribution < -0.4 is 4.57 Å². The number of benzene rings is 2. The van der Waals surface area contributed by atoms with E-state index in [-0.39, 0.29) is 0 Å². The van der Waals surface area contributed by atoms with Crippen molar-refractivity contribution in [2.45, 2.75) is 6.54 Å². The molecule has 0 saturated carbocycles. The molecule has 2 aromatic carbocycles. The monoisotopic (exact) mass is 271 g/mol. The maximum absolute atomic E-state index is 4.73. The van der Waals surface area contributed by atoms with E-state index in [9.17, 15) is 0 Å². The summed E-state index contributed by atoms with van der Waals surface area (Å²) in [4.78, 5) is 4.73. The van der Waals surface area contributed by atoms with Crippen molar-refractivity contribution in [3.05, 3.63) is 84.8 Å². The largest absolute Gasteiger partial charge is 0.246 e. The van der Waals surface area contributed by atoms with Crippen LogP contribution in [0.25, 0.3) is 21.7 Å². The minimum Gasteiger partial charge on any atom is -0.246 e. The Bertz CT molecular complexity index is 851. The first kappa shape index (κ1) is 12.0. The molecule has 2 heterocycles. The summed E-state index contributed by atoms with van der Waals surface area (Å²) in [6, 6.07) is 23.0. The standard InChI is InChI=1S/C19H15N2/c1-2-7-17-13-21(12-11-15(17)5-1)14-18-10-9-16-6-3-4-8-19(16)20-18/h1-13H,14H2/q+1. The van der Waals surface area contributed by atoms with Crippen LogP contribution in [0.15, 0.2) is 79.1 Å². The lowest BCUT2D eigenvalue weighted by Crippen LogP contribution is -2.33. The number of pyridine rings is 2. The third kappa shape index (κ3) is 2.36. The Morgan fingerprint density at radius 3 is 2.38 bits per heavy atom. The van der Waals surface area contributed by atoms with Crippen molar-refractivity contribution < 1.29 is 4.57 Å². The highest BCUT2D eigenvalue weighted by atomic mass is 14.9. The number of para-hydroxylation sites is 1. The van der Waals surface area contributed by atoms with E-state index in [1.54, 1.807) is 0 Å². The Kier molecular flexibility index (Phi) is 2.86. The molecule has 4 aromatic rings. The molecule has 0 radical (unpaired) electrons. The molecule has 0 fully saturated rings. The van der Waals surface area contributed by atoms with Gasteiger partial charge in [-0.2, -0.15) is 4.57 Å². The average molecular weight is 271 g/mol. The number of hydrogen-bond donors (Lipinski definition) is 0. The molecule has 0 aliphatic rings. The van der Waals surface area contributed by atoms with E-state index in [2.05, 4.69) is 71.6 Å². The zero-order chi connectivity index (χ0) is 14.1. The zero-order valence-electron chi connectivity index (χ0n) is 11.6. The molecule has 0 N–H and O–H groups in total. The van der Waals surface area contributed by atoms with Crippen LogP contribution in [-0.4, -0.2) is 4.98 Å². The van der Waals surface area contributed by atoms with Gasteiger partial charge in [-0.05, 0) is 23.6 Å². The second kappa shape index (κ2) is 4.98. The maximum atomic E-state index is 4.73. The molecule has 0 bridgehead atoms. The Balaban J connectivity index is 1.71. The lowest BCUT2D eigenvalue weighted by Gasteiger charge is -2.01.